The number of carbonyl (C=O) groups is 1. The Balaban J connectivity index is 1.69. The molecule has 0 spiro atoms. The average Bonchev–Trinajstić information content (AvgIpc) is 2.94. The lowest BCUT2D eigenvalue weighted by atomic mass is 10.1. The molecule has 0 radical (unpaired) electrons. The van der Waals surface area contributed by atoms with Crippen molar-refractivity contribution in [3.05, 3.63) is 75.1 Å². The molecule has 0 amide bonds. The summed E-state index contributed by atoms with van der Waals surface area (Å²) in [6, 6.07) is 12.8. The molecule has 4 heteroatoms. The van der Waals surface area contributed by atoms with Crippen molar-refractivity contribution >= 4 is 16.8 Å². The highest BCUT2D eigenvalue weighted by molar-refractivity contribution is 6.01. The number of carbonyl (C=O) groups excluding carboxylic acids is 1. The zero-order valence-electron chi connectivity index (χ0n) is 13.3. The lowest BCUT2D eigenvalue weighted by molar-refractivity contribution is 0.0994. The highest BCUT2D eigenvalue weighted by Crippen LogP contribution is 2.31. The van der Waals surface area contributed by atoms with E-state index in [4.69, 9.17) is 9.15 Å². The standard InChI is InChI=1S/C20H16O4/c1-12-5-6-14-13(10-20(22)24-19(14)9-12)11-23-18-4-2-3-15-16(18)7-8-17(15)21/h2-6,9-10H,7-8,11H2,1H3. The number of Topliss-reactive ketones (excluding diaryl/α,β-unsaturated/α-hetero) is 1. The lowest BCUT2D eigenvalue weighted by Crippen LogP contribution is -2.05. The van der Waals surface area contributed by atoms with Crippen LogP contribution < -0.4 is 10.4 Å². The fourth-order valence-corrected chi connectivity index (χ4v) is 3.21. The number of hydrogen-bond donors (Lipinski definition) is 0. The summed E-state index contributed by atoms with van der Waals surface area (Å²) in [5.74, 6) is 0.878. The van der Waals surface area contributed by atoms with Crippen LogP contribution in [0.3, 0.4) is 0 Å². The maximum atomic E-state index is 11.8. The average molecular weight is 320 g/mol. The fourth-order valence-electron chi connectivity index (χ4n) is 3.21. The minimum Gasteiger partial charge on any atom is -0.489 e. The molecule has 24 heavy (non-hydrogen) atoms. The third-order valence-electron chi connectivity index (χ3n) is 4.40. The van der Waals surface area contributed by atoms with Gasteiger partial charge in [0.15, 0.2) is 5.78 Å². The van der Waals surface area contributed by atoms with E-state index in [2.05, 4.69) is 0 Å². The van der Waals surface area contributed by atoms with Crippen molar-refractivity contribution in [2.75, 3.05) is 0 Å². The van der Waals surface area contributed by atoms with Crippen LogP contribution in [0.2, 0.25) is 0 Å². The molecule has 0 bridgehead atoms. The van der Waals surface area contributed by atoms with E-state index in [1.807, 2.05) is 43.3 Å². The van der Waals surface area contributed by atoms with Crippen LogP contribution in [0, 0.1) is 6.92 Å². The van der Waals surface area contributed by atoms with Gasteiger partial charge in [-0.2, -0.15) is 0 Å². The largest absolute Gasteiger partial charge is 0.489 e. The number of ether oxygens (including phenoxy) is 1. The molecule has 3 aromatic rings. The summed E-state index contributed by atoms with van der Waals surface area (Å²) in [7, 11) is 0. The molecule has 1 aromatic heterocycles. The van der Waals surface area contributed by atoms with Crippen LogP contribution in [0.25, 0.3) is 11.0 Å². The van der Waals surface area contributed by atoms with Crippen LogP contribution in [-0.4, -0.2) is 5.78 Å². The maximum absolute atomic E-state index is 11.8. The van der Waals surface area contributed by atoms with Gasteiger partial charge in [-0.25, -0.2) is 4.79 Å². The molecule has 0 unspecified atom stereocenters. The van der Waals surface area contributed by atoms with Crippen LogP contribution >= 0.6 is 0 Å². The molecule has 0 N–H and O–H groups in total. The van der Waals surface area contributed by atoms with E-state index in [1.54, 1.807) is 0 Å². The first-order chi connectivity index (χ1) is 11.6. The Bertz CT molecular complexity index is 1010. The Labute approximate surface area is 138 Å². The monoisotopic (exact) mass is 320 g/mol. The summed E-state index contributed by atoms with van der Waals surface area (Å²) in [5.41, 5.74) is 3.70. The summed E-state index contributed by atoms with van der Waals surface area (Å²) in [6.45, 7) is 2.21. The second-order valence-corrected chi connectivity index (χ2v) is 6.08. The normalized spacial score (nSPS) is 13.3. The number of aryl methyl sites for hydroxylation is 1. The van der Waals surface area contributed by atoms with E-state index >= 15 is 0 Å². The van der Waals surface area contributed by atoms with Crippen molar-refractivity contribution in [1.29, 1.82) is 0 Å². The maximum Gasteiger partial charge on any atom is 0.336 e. The minimum atomic E-state index is -0.389. The second-order valence-electron chi connectivity index (χ2n) is 6.08. The molecule has 1 heterocycles. The van der Waals surface area contributed by atoms with Gasteiger partial charge in [0.1, 0.15) is 17.9 Å². The molecule has 1 aliphatic carbocycles. The van der Waals surface area contributed by atoms with E-state index < -0.39 is 0 Å². The van der Waals surface area contributed by atoms with Gasteiger partial charge in [-0.1, -0.05) is 24.3 Å². The molecular weight excluding hydrogens is 304 g/mol. The highest BCUT2D eigenvalue weighted by Gasteiger charge is 2.22. The molecule has 0 saturated heterocycles. The topological polar surface area (TPSA) is 56.5 Å². The van der Waals surface area contributed by atoms with Gasteiger partial charge in [0, 0.05) is 34.6 Å². The van der Waals surface area contributed by atoms with Crippen molar-refractivity contribution in [3.8, 4) is 5.75 Å². The molecule has 0 aliphatic heterocycles. The van der Waals surface area contributed by atoms with Crippen LogP contribution in [0.4, 0.5) is 0 Å². The molecule has 0 atom stereocenters. The molecule has 4 nitrogen and oxygen atoms in total. The summed E-state index contributed by atoms with van der Waals surface area (Å²) < 4.78 is 11.2. The summed E-state index contributed by atoms with van der Waals surface area (Å²) in [5, 5.41) is 0.865. The van der Waals surface area contributed by atoms with Gasteiger partial charge in [-0.3, -0.25) is 4.79 Å². The van der Waals surface area contributed by atoms with Crippen LogP contribution in [0.15, 0.2) is 51.7 Å². The summed E-state index contributed by atoms with van der Waals surface area (Å²) in [4.78, 5) is 23.6. The number of fused-ring (bicyclic) bond motifs is 2. The Morgan fingerprint density at radius 3 is 2.83 bits per heavy atom. The first-order valence-corrected chi connectivity index (χ1v) is 7.93. The van der Waals surface area contributed by atoms with Crippen LogP contribution in [0.1, 0.15) is 33.5 Å². The summed E-state index contributed by atoms with van der Waals surface area (Å²) >= 11 is 0. The predicted octanol–water partition coefficient (Wildman–Crippen LogP) is 3.81. The smallest absolute Gasteiger partial charge is 0.336 e. The SMILES string of the molecule is Cc1ccc2c(COc3cccc4c3CCC4=O)cc(=O)oc2c1. The minimum absolute atomic E-state index is 0.164. The Kier molecular flexibility index (Phi) is 3.45. The first-order valence-electron chi connectivity index (χ1n) is 7.93. The fraction of sp³-hybridized carbons (Fsp3) is 0.200. The highest BCUT2D eigenvalue weighted by atomic mass is 16.5. The lowest BCUT2D eigenvalue weighted by Gasteiger charge is -2.11. The Morgan fingerprint density at radius 2 is 1.96 bits per heavy atom. The zero-order valence-corrected chi connectivity index (χ0v) is 13.3. The quantitative estimate of drug-likeness (QED) is 0.689. The second kappa shape index (κ2) is 5.64. The molecule has 1 aliphatic rings. The molecule has 0 fully saturated rings. The zero-order chi connectivity index (χ0) is 16.7. The number of hydrogen-bond acceptors (Lipinski definition) is 4. The van der Waals surface area contributed by atoms with Gasteiger partial charge in [-0.05, 0) is 31.0 Å². The Morgan fingerprint density at radius 1 is 1.08 bits per heavy atom. The molecule has 120 valence electrons. The van der Waals surface area contributed by atoms with Gasteiger partial charge in [-0.15, -0.1) is 0 Å². The van der Waals surface area contributed by atoms with Crippen molar-refractivity contribution in [1.82, 2.24) is 0 Å². The molecular formula is C20H16O4. The summed E-state index contributed by atoms with van der Waals surface area (Å²) in [6.07, 6.45) is 1.24. The van der Waals surface area contributed by atoms with Crippen molar-refractivity contribution in [2.24, 2.45) is 0 Å². The van der Waals surface area contributed by atoms with Crippen molar-refractivity contribution < 1.29 is 13.9 Å². The first kappa shape index (κ1) is 14.7. The van der Waals surface area contributed by atoms with E-state index in [-0.39, 0.29) is 18.0 Å². The van der Waals surface area contributed by atoms with Crippen LogP contribution in [-0.2, 0) is 13.0 Å². The molecule has 2 aromatic carbocycles. The van der Waals surface area contributed by atoms with E-state index in [0.717, 1.165) is 27.6 Å². The third-order valence-corrected chi connectivity index (χ3v) is 4.40. The Hall–Kier alpha value is -2.88. The van der Waals surface area contributed by atoms with E-state index in [9.17, 15) is 9.59 Å². The van der Waals surface area contributed by atoms with Crippen LogP contribution in [0.5, 0.6) is 5.75 Å². The number of benzene rings is 2. The van der Waals surface area contributed by atoms with Crippen molar-refractivity contribution in [3.63, 3.8) is 0 Å². The predicted molar refractivity (Wildman–Crippen MR) is 90.6 cm³/mol. The van der Waals surface area contributed by atoms with E-state index in [0.29, 0.717) is 24.2 Å². The van der Waals surface area contributed by atoms with Crippen molar-refractivity contribution in [2.45, 2.75) is 26.4 Å². The van der Waals surface area contributed by atoms with Gasteiger partial charge >= 0.3 is 5.63 Å². The van der Waals surface area contributed by atoms with E-state index in [1.165, 1.54) is 6.07 Å². The third kappa shape index (κ3) is 2.50. The van der Waals surface area contributed by atoms with Gasteiger partial charge in [0.05, 0.1) is 0 Å². The number of ketones is 1. The van der Waals surface area contributed by atoms with Gasteiger partial charge in [0.25, 0.3) is 0 Å². The number of rotatable bonds is 3. The molecule has 0 saturated carbocycles. The van der Waals surface area contributed by atoms with Gasteiger partial charge in [0.2, 0.25) is 0 Å². The molecule has 4 rings (SSSR count). The van der Waals surface area contributed by atoms with Gasteiger partial charge < -0.3 is 9.15 Å².